The molecule has 0 saturated heterocycles. The summed E-state index contributed by atoms with van der Waals surface area (Å²) in [6.07, 6.45) is 4.37. The quantitative estimate of drug-likeness (QED) is 0.682. The van der Waals surface area contributed by atoms with E-state index in [0.29, 0.717) is 5.88 Å². The number of nitrogens with zero attached hydrogens (tertiary/aromatic N) is 3. The van der Waals surface area contributed by atoms with Gasteiger partial charge in [-0.2, -0.15) is 0 Å². The van der Waals surface area contributed by atoms with Crippen molar-refractivity contribution in [1.82, 2.24) is 14.5 Å². The predicted molar refractivity (Wildman–Crippen MR) is 77.5 cm³/mol. The molecule has 19 heavy (non-hydrogen) atoms. The largest absolute Gasteiger partial charge is 0.323 e. The standard InChI is InChI=1S/C15H14ClN3/c16-8-6-15-18-13-10-17-9-7-14(13)19(15)11-12-4-2-1-3-5-12/h1-5,7,9-10H,6,8,11H2. The average molecular weight is 272 g/mol. The molecular weight excluding hydrogens is 258 g/mol. The Labute approximate surface area is 116 Å². The second kappa shape index (κ2) is 5.41. The predicted octanol–water partition coefficient (Wildman–Crippen LogP) is 3.26. The van der Waals surface area contributed by atoms with Crippen LogP contribution in [0, 0.1) is 0 Å². The van der Waals surface area contributed by atoms with Crippen LogP contribution in [0.5, 0.6) is 0 Å². The number of aryl methyl sites for hydroxylation is 1. The summed E-state index contributed by atoms with van der Waals surface area (Å²) in [5.41, 5.74) is 3.30. The molecule has 0 aliphatic rings. The highest BCUT2D eigenvalue weighted by Crippen LogP contribution is 2.17. The Morgan fingerprint density at radius 3 is 2.74 bits per heavy atom. The van der Waals surface area contributed by atoms with E-state index < -0.39 is 0 Å². The SMILES string of the molecule is ClCCc1nc2cnccc2n1Cc1ccccc1. The summed E-state index contributed by atoms with van der Waals surface area (Å²) >= 11 is 5.87. The van der Waals surface area contributed by atoms with E-state index in [1.54, 1.807) is 12.4 Å². The molecule has 3 rings (SSSR count). The molecule has 0 aliphatic heterocycles. The van der Waals surface area contributed by atoms with Crippen molar-refractivity contribution in [2.45, 2.75) is 13.0 Å². The zero-order valence-electron chi connectivity index (χ0n) is 10.5. The number of benzene rings is 1. The number of hydrogen-bond donors (Lipinski definition) is 0. The van der Waals surface area contributed by atoms with Crippen LogP contribution in [0.1, 0.15) is 11.4 Å². The molecule has 0 amide bonds. The number of fused-ring (bicyclic) bond motifs is 1. The third kappa shape index (κ3) is 2.47. The Kier molecular flexibility index (Phi) is 3.47. The van der Waals surface area contributed by atoms with Gasteiger partial charge in [0.25, 0.3) is 0 Å². The van der Waals surface area contributed by atoms with Crippen molar-refractivity contribution in [3.05, 3.63) is 60.2 Å². The first-order valence-electron chi connectivity index (χ1n) is 6.27. The first-order chi connectivity index (χ1) is 9.38. The van der Waals surface area contributed by atoms with Crippen molar-refractivity contribution >= 4 is 22.6 Å². The Morgan fingerprint density at radius 2 is 1.95 bits per heavy atom. The highest BCUT2D eigenvalue weighted by molar-refractivity contribution is 6.17. The Bertz CT molecular complexity index is 676. The Balaban J connectivity index is 2.07. The molecule has 0 fully saturated rings. The average Bonchev–Trinajstić information content (AvgIpc) is 2.79. The van der Waals surface area contributed by atoms with E-state index in [2.05, 4.69) is 38.8 Å². The number of pyridine rings is 1. The van der Waals surface area contributed by atoms with Crippen molar-refractivity contribution in [2.75, 3.05) is 5.88 Å². The van der Waals surface area contributed by atoms with Gasteiger partial charge in [-0.3, -0.25) is 4.98 Å². The molecule has 2 aromatic heterocycles. The molecule has 96 valence electrons. The normalized spacial score (nSPS) is 11.0. The third-order valence-corrected chi connectivity index (χ3v) is 3.32. The van der Waals surface area contributed by atoms with Crippen LogP contribution in [0.3, 0.4) is 0 Å². The second-order valence-corrected chi connectivity index (χ2v) is 4.78. The fraction of sp³-hybridized carbons (Fsp3) is 0.200. The summed E-state index contributed by atoms with van der Waals surface area (Å²) in [6, 6.07) is 12.4. The molecule has 0 saturated carbocycles. The number of rotatable bonds is 4. The summed E-state index contributed by atoms with van der Waals surface area (Å²) in [5, 5.41) is 0. The zero-order valence-corrected chi connectivity index (χ0v) is 11.2. The van der Waals surface area contributed by atoms with Crippen LogP contribution in [0.4, 0.5) is 0 Å². The maximum Gasteiger partial charge on any atom is 0.111 e. The highest BCUT2D eigenvalue weighted by Gasteiger charge is 2.10. The molecular formula is C15H14ClN3. The van der Waals surface area contributed by atoms with E-state index in [1.165, 1.54) is 5.56 Å². The lowest BCUT2D eigenvalue weighted by Gasteiger charge is -2.08. The van der Waals surface area contributed by atoms with E-state index >= 15 is 0 Å². The van der Waals surface area contributed by atoms with Gasteiger partial charge in [0.15, 0.2) is 0 Å². The van der Waals surface area contributed by atoms with Gasteiger partial charge in [0.1, 0.15) is 11.3 Å². The van der Waals surface area contributed by atoms with Gasteiger partial charge in [0, 0.05) is 25.0 Å². The molecule has 0 unspecified atom stereocenters. The van der Waals surface area contributed by atoms with Crippen LogP contribution in [0.2, 0.25) is 0 Å². The molecule has 1 aromatic carbocycles. The molecule has 2 heterocycles. The fourth-order valence-corrected chi connectivity index (χ4v) is 2.42. The maximum absolute atomic E-state index is 5.87. The highest BCUT2D eigenvalue weighted by atomic mass is 35.5. The topological polar surface area (TPSA) is 30.7 Å². The van der Waals surface area contributed by atoms with Gasteiger partial charge in [-0.05, 0) is 11.6 Å². The first kappa shape index (κ1) is 12.2. The molecule has 3 nitrogen and oxygen atoms in total. The second-order valence-electron chi connectivity index (χ2n) is 4.40. The molecule has 3 aromatic rings. The van der Waals surface area contributed by atoms with Gasteiger partial charge in [0.2, 0.25) is 0 Å². The van der Waals surface area contributed by atoms with Gasteiger partial charge in [-0.15, -0.1) is 11.6 Å². The van der Waals surface area contributed by atoms with Gasteiger partial charge >= 0.3 is 0 Å². The molecule has 0 spiro atoms. The van der Waals surface area contributed by atoms with Crippen molar-refractivity contribution in [3.63, 3.8) is 0 Å². The molecule has 0 aliphatic carbocycles. The van der Waals surface area contributed by atoms with Crippen LogP contribution in [0.25, 0.3) is 11.0 Å². The number of imidazole rings is 1. The van der Waals surface area contributed by atoms with Crippen LogP contribution < -0.4 is 0 Å². The fourth-order valence-electron chi connectivity index (χ4n) is 2.25. The van der Waals surface area contributed by atoms with Crippen LogP contribution in [-0.2, 0) is 13.0 Å². The van der Waals surface area contributed by atoms with Crippen LogP contribution in [-0.4, -0.2) is 20.4 Å². The lowest BCUT2D eigenvalue weighted by molar-refractivity contribution is 0.754. The lowest BCUT2D eigenvalue weighted by atomic mass is 10.2. The van der Waals surface area contributed by atoms with Crippen LogP contribution in [0.15, 0.2) is 48.8 Å². The van der Waals surface area contributed by atoms with Gasteiger partial charge in [-0.25, -0.2) is 4.98 Å². The minimum Gasteiger partial charge on any atom is -0.323 e. The van der Waals surface area contributed by atoms with E-state index in [-0.39, 0.29) is 0 Å². The van der Waals surface area contributed by atoms with Gasteiger partial charge in [0.05, 0.1) is 11.7 Å². The van der Waals surface area contributed by atoms with Gasteiger partial charge < -0.3 is 4.57 Å². The van der Waals surface area contributed by atoms with Crippen molar-refractivity contribution in [1.29, 1.82) is 0 Å². The van der Waals surface area contributed by atoms with E-state index in [4.69, 9.17) is 11.6 Å². The number of alkyl halides is 1. The maximum atomic E-state index is 5.87. The monoisotopic (exact) mass is 271 g/mol. The molecule has 0 atom stereocenters. The minimum atomic E-state index is 0.575. The third-order valence-electron chi connectivity index (χ3n) is 3.13. The van der Waals surface area contributed by atoms with Crippen LogP contribution >= 0.6 is 11.6 Å². The summed E-state index contributed by atoms with van der Waals surface area (Å²) in [6.45, 7) is 0.813. The number of halogens is 1. The number of hydrogen-bond acceptors (Lipinski definition) is 2. The van der Waals surface area contributed by atoms with Gasteiger partial charge in [-0.1, -0.05) is 30.3 Å². The van der Waals surface area contributed by atoms with Crippen molar-refractivity contribution in [2.24, 2.45) is 0 Å². The molecule has 0 bridgehead atoms. The van der Waals surface area contributed by atoms with Crippen molar-refractivity contribution in [3.8, 4) is 0 Å². The summed E-state index contributed by atoms with van der Waals surface area (Å²) in [7, 11) is 0. The molecule has 4 heteroatoms. The number of aromatic nitrogens is 3. The van der Waals surface area contributed by atoms with E-state index in [0.717, 1.165) is 29.8 Å². The zero-order chi connectivity index (χ0) is 13.1. The molecule has 0 N–H and O–H groups in total. The minimum absolute atomic E-state index is 0.575. The first-order valence-corrected chi connectivity index (χ1v) is 6.81. The Hall–Kier alpha value is -1.87. The van der Waals surface area contributed by atoms with E-state index in [9.17, 15) is 0 Å². The van der Waals surface area contributed by atoms with Crippen molar-refractivity contribution < 1.29 is 0 Å². The smallest absolute Gasteiger partial charge is 0.111 e. The molecule has 0 radical (unpaired) electrons. The summed E-state index contributed by atoms with van der Waals surface area (Å²) in [4.78, 5) is 8.74. The Morgan fingerprint density at radius 1 is 1.11 bits per heavy atom. The van der Waals surface area contributed by atoms with E-state index in [1.807, 2.05) is 12.1 Å². The summed E-state index contributed by atoms with van der Waals surface area (Å²) < 4.78 is 2.22. The summed E-state index contributed by atoms with van der Waals surface area (Å²) in [5.74, 6) is 1.59. The lowest BCUT2D eigenvalue weighted by Crippen LogP contribution is -2.05.